The molecule has 2 N–H and O–H groups in total. The molecular weight excluding hydrogens is 262 g/mol. The number of carboxylic acid groups (broad SMARTS) is 1. The highest BCUT2D eigenvalue weighted by molar-refractivity contribution is 5.82. The molecule has 2 amide bonds. The van der Waals surface area contributed by atoms with E-state index in [0.717, 1.165) is 0 Å². The molecule has 1 atom stereocenters. The smallest absolute Gasteiger partial charge is 0.323 e. The summed E-state index contributed by atoms with van der Waals surface area (Å²) < 4.78 is 0. The van der Waals surface area contributed by atoms with Crippen molar-refractivity contribution in [2.45, 2.75) is 32.7 Å². The molecule has 1 unspecified atom stereocenters. The molecule has 0 radical (unpaired) electrons. The Balaban J connectivity index is 2.45. The Morgan fingerprint density at radius 3 is 2.05 bits per heavy atom. The van der Waals surface area contributed by atoms with Crippen LogP contribution in [0.2, 0.25) is 0 Å². The summed E-state index contributed by atoms with van der Waals surface area (Å²) >= 11 is 0. The molecule has 7 heteroatoms. The minimum absolute atomic E-state index is 0.00326. The first-order valence-electron chi connectivity index (χ1n) is 6.82. The number of hydrogen-bond acceptors (Lipinski definition) is 4. The van der Waals surface area contributed by atoms with Crippen molar-refractivity contribution in [2.24, 2.45) is 0 Å². The summed E-state index contributed by atoms with van der Waals surface area (Å²) in [5.74, 6) is -1.08. The van der Waals surface area contributed by atoms with E-state index in [1.165, 1.54) is 6.92 Å². The Bertz CT molecular complexity index is 391. The number of aliphatic carboxylic acids is 1. The third-order valence-corrected chi connectivity index (χ3v) is 3.89. The average molecular weight is 285 g/mol. The summed E-state index contributed by atoms with van der Waals surface area (Å²) in [6, 6.07) is 0. The van der Waals surface area contributed by atoms with Gasteiger partial charge in [-0.3, -0.25) is 19.7 Å². The number of nitrogens with one attached hydrogen (secondary N) is 1. The summed E-state index contributed by atoms with van der Waals surface area (Å²) in [5.41, 5.74) is -1.09. The molecule has 0 aromatic heterocycles. The van der Waals surface area contributed by atoms with E-state index in [9.17, 15) is 14.4 Å². The average Bonchev–Trinajstić information content (AvgIpc) is 2.44. The standard InChI is InChI=1S/C13H23N3O4/c1-4-13(3,12(19)20)14-9-11(18)16-7-5-15(6-8-16)10(2)17/h14H,4-9H2,1-3H3,(H,19,20). The summed E-state index contributed by atoms with van der Waals surface area (Å²) in [6.45, 7) is 6.89. The number of carboxylic acids is 1. The van der Waals surface area contributed by atoms with Gasteiger partial charge >= 0.3 is 5.97 Å². The lowest BCUT2D eigenvalue weighted by molar-refractivity contribution is -0.145. The van der Waals surface area contributed by atoms with Crippen molar-refractivity contribution >= 4 is 17.8 Å². The van der Waals surface area contributed by atoms with Crippen molar-refractivity contribution < 1.29 is 19.5 Å². The molecule has 1 rings (SSSR count). The van der Waals surface area contributed by atoms with Crippen LogP contribution in [0, 0.1) is 0 Å². The normalized spacial score (nSPS) is 18.6. The van der Waals surface area contributed by atoms with Gasteiger partial charge in [0.05, 0.1) is 6.54 Å². The number of hydrogen-bond donors (Lipinski definition) is 2. The molecule has 0 aromatic carbocycles. The first kappa shape index (κ1) is 16.4. The molecule has 0 bridgehead atoms. The summed E-state index contributed by atoms with van der Waals surface area (Å²) in [7, 11) is 0. The Labute approximate surface area is 118 Å². The Kier molecular flexibility index (Phi) is 5.50. The van der Waals surface area contributed by atoms with Crippen LogP contribution in [0.1, 0.15) is 27.2 Å². The van der Waals surface area contributed by atoms with Crippen molar-refractivity contribution in [3.63, 3.8) is 0 Å². The van der Waals surface area contributed by atoms with Crippen LogP contribution in [0.4, 0.5) is 0 Å². The molecule has 114 valence electrons. The van der Waals surface area contributed by atoms with Crippen LogP contribution in [0.3, 0.4) is 0 Å². The van der Waals surface area contributed by atoms with Gasteiger partial charge in [-0.05, 0) is 13.3 Å². The van der Waals surface area contributed by atoms with Gasteiger partial charge in [-0.2, -0.15) is 0 Å². The number of carbonyl (C=O) groups excluding carboxylic acids is 2. The molecule has 1 heterocycles. The van der Waals surface area contributed by atoms with E-state index >= 15 is 0 Å². The van der Waals surface area contributed by atoms with Gasteiger partial charge in [0.15, 0.2) is 0 Å². The number of carbonyl (C=O) groups is 3. The molecule has 7 nitrogen and oxygen atoms in total. The zero-order valence-electron chi connectivity index (χ0n) is 12.3. The molecule has 1 aliphatic heterocycles. The van der Waals surface area contributed by atoms with E-state index in [1.807, 2.05) is 0 Å². The van der Waals surface area contributed by atoms with E-state index in [0.29, 0.717) is 32.6 Å². The number of nitrogens with zero attached hydrogens (tertiary/aromatic N) is 2. The largest absolute Gasteiger partial charge is 0.480 e. The van der Waals surface area contributed by atoms with Gasteiger partial charge in [-0.1, -0.05) is 6.92 Å². The molecule has 0 saturated carbocycles. The third-order valence-electron chi connectivity index (χ3n) is 3.89. The van der Waals surface area contributed by atoms with Crippen LogP contribution in [-0.2, 0) is 14.4 Å². The molecule has 1 fully saturated rings. The SMILES string of the molecule is CCC(C)(NCC(=O)N1CCN(C(C)=O)CC1)C(=O)O. The van der Waals surface area contributed by atoms with Crippen molar-refractivity contribution in [2.75, 3.05) is 32.7 Å². The van der Waals surface area contributed by atoms with Gasteiger partial charge in [0.1, 0.15) is 5.54 Å². The highest BCUT2D eigenvalue weighted by Crippen LogP contribution is 2.09. The predicted octanol–water partition coefficient (Wildman–Crippen LogP) is -0.480. The minimum Gasteiger partial charge on any atom is -0.480 e. The Morgan fingerprint density at radius 1 is 1.15 bits per heavy atom. The fraction of sp³-hybridized carbons (Fsp3) is 0.769. The monoisotopic (exact) mass is 285 g/mol. The first-order valence-corrected chi connectivity index (χ1v) is 6.82. The van der Waals surface area contributed by atoms with E-state index < -0.39 is 11.5 Å². The van der Waals surface area contributed by atoms with Crippen molar-refractivity contribution in [1.29, 1.82) is 0 Å². The number of amides is 2. The molecule has 0 aliphatic carbocycles. The van der Waals surface area contributed by atoms with Crippen LogP contribution in [0.5, 0.6) is 0 Å². The van der Waals surface area contributed by atoms with Gasteiger partial charge in [0.2, 0.25) is 11.8 Å². The fourth-order valence-corrected chi connectivity index (χ4v) is 2.01. The van der Waals surface area contributed by atoms with Crippen molar-refractivity contribution in [3.8, 4) is 0 Å². The van der Waals surface area contributed by atoms with Gasteiger partial charge in [0.25, 0.3) is 0 Å². The number of piperazine rings is 1. The summed E-state index contributed by atoms with van der Waals surface area (Å²) in [6.07, 6.45) is 0.397. The van der Waals surface area contributed by atoms with E-state index in [-0.39, 0.29) is 18.4 Å². The van der Waals surface area contributed by atoms with Crippen LogP contribution < -0.4 is 5.32 Å². The zero-order chi connectivity index (χ0) is 15.3. The molecule has 0 aromatic rings. The molecular formula is C13H23N3O4. The van der Waals surface area contributed by atoms with Crippen molar-refractivity contribution in [1.82, 2.24) is 15.1 Å². The van der Waals surface area contributed by atoms with Gasteiger partial charge in [-0.15, -0.1) is 0 Å². The van der Waals surface area contributed by atoms with Gasteiger partial charge in [0, 0.05) is 33.1 Å². The van der Waals surface area contributed by atoms with Gasteiger partial charge in [-0.25, -0.2) is 0 Å². The number of rotatable bonds is 5. The van der Waals surface area contributed by atoms with Crippen LogP contribution in [-0.4, -0.2) is 71.0 Å². The maximum atomic E-state index is 12.0. The van der Waals surface area contributed by atoms with E-state index in [4.69, 9.17) is 5.11 Å². The van der Waals surface area contributed by atoms with Gasteiger partial charge < -0.3 is 14.9 Å². The second kappa shape index (κ2) is 6.69. The predicted molar refractivity (Wildman–Crippen MR) is 73.2 cm³/mol. The lowest BCUT2D eigenvalue weighted by atomic mass is 9.99. The highest BCUT2D eigenvalue weighted by Gasteiger charge is 2.32. The minimum atomic E-state index is -1.09. The molecule has 1 aliphatic rings. The second-order valence-electron chi connectivity index (χ2n) is 5.23. The lowest BCUT2D eigenvalue weighted by Crippen LogP contribution is -2.55. The lowest BCUT2D eigenvalue weighted by Gasteiger charge is -2.35. The van der Waals surface area contributed by atoms with E-state index in [2.05, 4.69) is 5.32 Å². The maximum Gasteiger partial charge on any atom is 0.323 e. The quantitative estimate of drug-likeness (QED) is 0.712. The topological polar surface area (TPSA) is 90.0 Å². The summed E-state index contributed by atoms with van der Waals surface area (Å²) in [5, 5.41) is 11.9. The fourth-order valence-electron chi connectivity index (χ4n) is 2.01. The van der Waals surface area contributed by atoms with E-state index in [1.54, 1.807) is 23.6 Å². The van der Waals surface area contributed by atoms with Crippen molar-refractivity contribution in [3.05, 3.63) is 0 Å². The van der Waals surface area contributed by atoms with Crippen LogP contribution in [0.25, 0.3) is 0 Å². The maximum absolute atomic E-state index is 12.0. The molecule has 20 heavy (non-hydrogen) atoms. The second-order valence-corrected chi connectivity index (χ2v) is 5.23. The molecule has 1 saturated heterocycles. The third kappa shape index (κ3) is 3.93. The first-order chi connectivity index (χ1) is 9.30. The Morgan fingerprint density at radius 2 is 1.65 bits per heavy atom. The Hall–Kier alpha value is -1.63. The summed E-state index contributed by atoms with van der Waals surface area (Å²) in [4.78, 5) is 37.7. The van der Waals surface area contributed by atoms with Crippen LogP contribution >= 0.6 is 0 Å². The highest BCUT2D eigenvalue weighted by atomic mass is 16.4. The van der Waals surface area contributed by atoms with Crippen LogP contribution in [0.15, 0.2) is 0 Å². The molecule has 0 spiro atoms. The zero-order valence-corrected chi connectivity index (χ0v) is 12.3.